The van der Waals surface area contributed by atoms with Crippen molar-refractivity contribution in [3.05, 3.63) is 47.5 Å². The highest BCUT2D eigenvalue weighted by Crippen LogP contribution is 2.32. The second-order valence-electron chi connectivity index (χ2n) is 5.18. The van der Waals surface area contributed by atoms with Crippen molar-refractivity contribution in [2.24, 2.45) is 0 Å². The fourth-order valence-corrected chi connectivity index (χ4v) is 2.46. The zero-order chi connectivity index (χ0) is 15.4. The van der Waals surface area contributed by atoms with E-state index in [1.165, 1.54) is 6.07 Å². The van der Waals surface area contributed by atoms with E-state index in [2.05, 4.69) is 24.3 Å². The maximum Gasteiger partial charge on any atom is 0.161 e. The van der Waals surface area contributed by atoms with Crippen LogP contribution >= 0.6 is 0 Å². The molecule has 114 valence electrons. The topological polar surface area (TPSA) is 39.1 Å². The molecule has 0 aliphatic heterocycles. The van der Waals surface area contributed by atoms with Crippen molar-refractivity contribution in [2.75, 3.05) is 13.7 Å². The lowest BCUT2D eigenvalue weighted by molar-refractivity contribution is 0.394. The van der Waals surface area contributed by atoms with Crippen molar-refractivity contribution in [3.8, 4) is 5.75 Å². The molecule has 0 radical (unpaired) electrons. The van der Waals surface area contributed by atoms with Crippen LogP contribution in [0.15, 0.2) is 30.5 Å². The molecule has 2 rings (SSSR count). The molecule has 1 aromatic heterocycles. The lowest BCUT2D eigenvalue weighted by Crippen LogP contribution is -2.26. The summed E-state index contributed by atoms with van der Waals surface area (Å²) in [7, 11) is 1.62. The third-order valence-corrected chi connectivity index (χ3v) is 3.37. The minimum absolute atomic E-state index is 0.162. The van der Waals surface area contributed by atoms with Crippen molar-refractivity contribution in [1.29, 1.82) is 0 Å². The molecule has 0 spiro atoms. The summed E-state index contributed by atoms with van der Waals surface area (Å²) in [5.74, 6) is 0.462. The SMILES string of the molecule is CCNC(c1cccc(F)c1)c1c(OC)cnn1C(C)C. The standard InChI is InChI=1S/C16H22FN3O/c1-5-18-15(12-7-6-8-13(17)9-12)16-14(21-4)10-19-20(16)11(2)3/h6-11,15,18H,5H2,1-4H3. The molecule has 0 fully saturated rings. The number of ether oxygens (including phenoxy) is 1. The first kappa shape index (κ1) is 15.5. The van der Waals surface area contributed by atoms with Gasteiger partial charge in [-0.25, -0.2) is 4.39 Å². The summed E-state index contributed by atoms with van der Waals surface area (Å²) in [6.07, 6.45) is 1.71. The first-order valence-electron chi connectivity index (χ1n) is 7.18. The molecule has 1 unspecified atom stereocenters. The Labute approximate surface area is 124 Å². The third kappa shape index (κ3) is 3.24. The molecular weight excluding hydrogens is 269 g/mol. The Morgan fingerprint density at radius 3 is 2.71 bits per heavy atom. The van der Waals surface area contributed by atoms with Crippen LogP contribution in [0.3, 0.4) is 0 Å². The van der Waals surface area contributed by atoms with Crippen LogP contribution < -0.4 is 10.1 Å². The van der Waals surface area contributed by atoms with Crippen molar-refractivity contribution in [3.63, 3.8) is 0 Å². The minimum atomic E-state index is -0.245. The number of methoxy groups -OCH3 is 1. The molecule has 0 amide bonds. The molecule has 4 nitrogen and oxygen atoms in total. The van der Waals surface area contributed by atoms with Crippen LogP contribution in [0.1, 0.15) is 44.1 Å². The summed E-state index contributed by atoms with van der Waals surface area (Å²) in [4.78, 5) is 0. The van der Waals surface area contributed by atoms with Gasteiger partial charge in [0, 0.05) is 6.04 Å². The molecule has 5 heteroatoms. The van der Waals surface area contributed by atoms with E-state index in [1.54, 1.807) is 25.4 Å². The predicted molar refractivity (Wildman–Crippen MR) is 81.1 cm³/mol. The number of nitrogens with one attached hydrogen (secondary N) is 1. The van der Waals surface area contributed by atoms with Crippen molar-refractivity contribution in [1.82, 2.24) is 15.1 Å². The molecule has 2 aromatic rings. The van der Waals surface area contributed by atoms with E-state index in [0.717, 1.165) is 17.8 Å². The van der Waals surface area contributed by atoms with Crippen LogP contribution in [0.5, 0.6) is 5.75 Å². The second kappa shape index (κ2) is 6.72. The highest BCUT2D eigenvalue weighted by molar-refractivity contribution is 5.37. The lowest BCUT2D eigenvalue weighted by Gasteiger charge is -2.22. The van der Waals surface area contributed by atoms with Crippen LogP contribution in [0.2, 0.25) is 0 Å². The van der Waals surface area contributed by atoms with Gasteiger partial charge in [-0.05, 0) is 38.1 Å². The normalized spacial score (nSPS) is 12.7. The molecule has 1 atom stereocenters. The Balaban J connectivity index is 2.54. The van der Waals surface area contributed by atoms with Gasteiger partial charge in [0.15, 0.2) is 5.75 Å². The molecule has 0 aliphatic rings. The molecule has 0 aliphatic carbocycles. The van der Waals surface area contributed by atoms with E-state index in [0.29, 0.717) is 5.75 Å². The fourth-order valence-electron chi connectivity index (χ4n) is 2.46. The number of rotatable bonds is 6. The highest BCUT2D eigenvalue weighted by Gasteiger charge is 2.24. The number of halogens is 1. The van der Waals surface area contributed by atoms with Gasteiger partial charge in [-0.15, -0.1) is 0 Å². The van der Waals surface area contributed by atoms with Gasteiger partial charge in [0.25, 0.3) is 0 Å². The van der Waals surface area contributed by atoms with Gasteiger partial charge in [-0.3, -0.25) is 4.68 Å². The summed E-state index contributed by atoms with van der Waals surface area (Å²) < 4.78 is 20.9. The van der Waals surface area contributed by atoms with Crippen molar-refractivity contribution < 1.29 is 9.13 Å². The third-order valence-electron chi connectivity index (χ3n) is 3.37. The number of aromatic nitrogens is 2. The summed E-state index contributed by atoms with van der Waals surface area (Å²) in [6, 6.07) is 6.66. The first-order chi connectivity index (χ1) is 10.1. The van der Waals surface area contributed by atoms with E-state index in [9.17, 15) is 4.39 Å². The van der Waals surface area contributed by atoms with Gasteiger partial charge in [-0.1, -0.05) is 19.1 Å². The summed E-state index contributed by atoms with van der Waals surface area (Å²) >= 11 is 0. The van der Waals surface area contributed by atoms with E-state index < -0.39 is 0 Å². The number of benzene rings is 1. The Kier molecular flexibility index (Phi) is 4.96. The van der Waals surface area contributed by atoms with Gasteiger partial charge < -0.3 is 10.1 Å². The van der Waals surface area contributed by atoms with Gasteiger partial charge in [0.1, 0.15) is 11.5 Å². The van der Waals surface area contributed by atoms with Gasteiger partial charge in [-0.2, -0.15) is 5.10 Å². The molecule has 0 bridgehead atoms. The molecular formula is C16H22FN3O. The number of hydrogen-bond donors (Lipinski definition) is 1. The number of nitrogens with zero attached hydrogens (tertiary/aromatic N) is 2. The van der Waals surface area contributed by atoms with Crippen LogP contribution in [0.4, 0.5) is 4.39 Å². The summed E-state index contributed by atoms with van der Waals surface area (Å²) in [6.45, 7) is 6.90. The van der Waals surface area contributed by atoms with E-state index >= 15 is 0 Å². The van der Waals surface area contributed by atoms with Crippen LogP contribution in [0, 0.1) is 5.82 Å². The lowest BCUT2D eigenvalue weighted by atomic mass is 10.0. The van der Waals surface area contributed by atoms with Crippen LogP contribution in [0.25, 0.3) is 0 Å². The first-order valence-corrected chi connectivity index (χ1v) is 7.18. The number of hydrogen-bond acceptors (Lipinski definition) is 3. The quantitative estimate of drug-likeness (QED) is 0.887. The zero-order valence-electron chi connectivity index (χ0n) is 12.9. The molecule has 0 saturated carbocycles. The summed E-state index contributed by atoms with van der Waals surface area (Å²) in [5.41, 5.74) is 1.78. The molecule has 1 heterocycles. The fraction of sp³-hybridized carbons (Fsp3) is 0.438. The monoisotopic (exact) mass is 291 g/mol. The van der Waals surface area contributed by atoms with Crippen molar-refractivity contribution in [2.45, 2.75) is 32.9 Å². The van der Waals surface area contributed by atoms with Crippen LogP contribution in [-0.4, -0.2) is 23.4 Å². The van der Waals surface area contributed by atoms with Gasteiger partial charge in [0.05, 0.1) is 19.3 Å². The Bertz CT molecular complexity index is 595. The van der Waals surface area contributed by atoms with Crippen molar-refractivity contribution >= 4 is 0 Å². The van der Waals surface area contributed by atoms with Gasteiger partial charge in [0.2, 0.25) is 0 Å². The largest absolute Gasteiger partial charge is 0.493 e. The second-order valence-corrected chi connectivity index (χ2v) is 5.18. The maximum atomic E-state index is 13.6. The Morgan fingerprint density at radius 2 is 2.14 bits per heavy atom. The zero-order valence-corrected chi connectivity index (χ0v) is 12.9. The highest BCUT2D eigenvalue weighted by atomic mass is 19.1. The van der Waals surface area contributed by atoms with Gasteiger partial charge >= 0.3 is 0 Å². The molecule has 1 aromatic carbocycles. The maximum absolute atomic E-state index is 13.6. The Hall–Kier alpha value is -1.88. The molecule has 1 N–H and O–H groups in total. The molecule has 21 heavy (non-hydrogen) atoms. The van der Waals surface area contributed by atoms with E-state index in [4.69, 9.17) is 4.74 Å². The Morgan fingerprint density at radius 1 is 1.38 bits per heavy atom. The summed E-state index contributed by atoms with van der Waals surface area (Å²) in [5, 5.41) is 7.79. The minimum Gasteiger partial charge on any atom is -0.493 e. The predicted octanol–water partition coefficient (Wildman–Crippen LogP) is 3.31. The van der Waals surface area contributed by atoms with Crippen LogP contribution in [-0.2, 0) is 0 Å². The smallest absolute Gasteiger partial charge is 0.161 e. The van der Waals surface area contributed by atoms with E-state index in [-0.39, 0.29) is 17.9 Å². The molecule has 0 saturated heterocycles. The average Bonchev–Trinajstić information content (AvgIpc) is 2.88. The van der Waals surface area contributed by atoms with E-state index in [1.807, 2.05) is 17.7 Å². The average molecular weight is 291 g/mol.